The van der Waals surface area contributed by atoms with Crippen molar-refractivity contribution in [3.05, 3.63) is 47.8 Å². The molecule has 7 rings (SSSR count). The standard InChI is InChI=1S/C27H29FN6O/c28-19-5-6-23-17(10-19)13-24(34(23)14-16-3-4-16)26-31-22-12-18(11-21-25(22)33(26)9-7-30-21)27(35)32-8-1-2-20(29)15-32/h5-6,10-13,16,20,30H,1-4,7-9,14-15,29H2. The molecule has 2 aromatic carbocycles. The lowest BCUT2D eigenvalue weighted by atomic mass is 10.0. The zero-order valence-corrected chi connectivity index (χ0v) is 19.6. The van der Waals surface area contributed by atoms with Gasteiger partial charge in [0.2, 0.25) is 0 Å². The first kappa shape index (κ1) is 20.9. The van der Waals surface area contributed by atoms with Gasteiger partial charge in [0.05, 0.1) is 22.4 Å². The van der Waals surface area contributed by atoms with Crippen LogP contribution in [-0.2, 0) is 13.1 Å². The van der Waals surface area contributed by atoms with Gasteiger partial charge < -0.3 is 25.1 Å². The highest BCUT2D eigenvalue weighted by molar-refractivity contribution is 6.03. The first-order valence-electron chi connectivity index (χ1n) is 12.7. The van der Waals surface area contributed by atoms with Crippen LogP contribution in [0.1, 0.15) is 36.0 Å². The monoisotopic (exact) mass is 472 g/mol. The van der Waals surface area contributed by atoms with Crippen LogP contribution in [0.2, 0.25) is 0 Å². The number of halogens is 1. The topological polar surface area (TPSA) is 81.1 Å². The predicted molar refractivity (Wildman–Crippen MR) is 135 cm³/mol. The van der Waals surface area contributed by atoms with Gasteiger partial charge in [0, 0.05) is 55.2 Å². The molecule has 0 radical (unpaired) electrons. The van der Waals surface area contributed by atoms with E-state index in [0.29, 0.717) is 18.0 Å². The molecule has 2 aromatic heterocycles. The first-order chi connectivity index (χ1) is 17.0. The van der Waals surface area contributed by atoms with E-state index in [1.54, 1.807) is 6.07 Å². The molecule has 1 saturated carbocycles. The van der Waals surface area contributed by atoms with Crippen LogP contribution < -0.4 is 11.1 Å². The number of likely N-dealkylation sites (tertiary alicyclic amines) is 1. The van der Waals surface area contributed by atoms with E-state index < -0.39 is 0 Å². The molecule has 0 bridgehead atoms. The minimum atomic E-state index is -0.227. The second-order valence-corrected chi connectivity index (χ2v) is 10.3. The lowest BCUT2D eigenvalue weighted by Gasteiger charge is -2.31. The number of nitrogens with two attached hydrogens (primary N) is 1. The van der Waals surface area contributed by atoms with E-state index in [-0.39, 0.29) is 17.8 Å². The van der Waals surface area contributed by atoms with Gasteiger partial charge in [-0.25, -0.2) is 9.37 Å². The molecular weight excluding hydrogens is 443 g/mol. The Bertz CT molecular complexity index is 1480. The number of aromatic nitrogens is 3. The van der Waals surface area contributed by atoms with Gasteiger partial charge in [-0.3, -0.25) is 4.79 Å². The van der Waals surface area contributed by atoms with Crippen molar-refractivity contribution in [1.29, 1.82) is 0 Å². The zero-order valence-electron chi connectivity index (χ0n) is 19.6. The molecule has 35 heavy (non-hydrogen) atoms. The number of fused-ring (bicyclic) bond motifs is 1. The van der Waals surface area contributed by atoms with Crippen molar-refractivity contribution < 1.29 is 9.18 Å². The Kier molecular flexibility index (Phi) is 4.67. The Morgan fingerprint density at radius 1 is 1.14 bits per heavy atom. The third-order valence-electron chi connectivity index (χ3n) is 7.71. The summed E-state index contributed by atoms with van der Waals surface area (Å²) in [5, 5.41) is 4.37. The average molecular weight is 473 g/mol. The predicted octanol–water partition coefficient (Wildman–Crippen LogP) is 4.20. The Hall–Kier alpha value is -3.39. The fourth-order valence-electron chi connectivity index (χ4n) is 5.80. The second-order valence-electron chi connectivity index (χ2n) is 10.3. The number of rotatable bonds is 4. The third-order valence-corrected chi connectivity index (χ3v) is 7.71. The molecule has 0 spiro atoms. The highest BCUT2D eigenvalue weighted by Gasteiger charge is 2.29. The molecular formula is C27H29FN6O. The van der Waals surface area contributed by atoms with E-state index in [9.17, 15) is 9.18 Å². The number of imidazole rings is 1. The van der Waals surface area contributed by atoms with Crippen molar-refractivity contribution >= 4 is 33.5 Å². The summed E-state index contributed by atoms with van der Waals surface area (Å²) < 4.78 is 18.6. The molecule has 3 N–H and O–H groups in total. The molecule has 2 aliphatic heterocycles. The highest BCUT2D eigenvalue weighted by atomic mass is 19.1. The maximum Gasteiger partial charge on any atom is 0.254 e. The maximum absolute atomic E-state index is 14.0. The summed E-state index contributed by atoms with van der Waals surface area (Å²) >= 11 is 0. The summed E-state index contributed by atoms with van der Waals surface area (Å²) in [5.74, 6) is 1.33. The summed E-state index contributed by atoms with van der Waals surface area (Å²) in [6.45, 7) is 3.79. The molecule has 1 aliphatic carbocycles. The molecule has 1 saturated heterocycles. The summed E-state index contributed by atoms with van der Waals surface area (Å²) in [4.78, 5) is 20.3. The van der Waals surface area contributed by atoms with Crippen LogP contribution in [0.15, 0.2) is 36.4 Å². The largest absolute Gasteiger partial charge is 0.381 e. The third kappa shape index (κ3) is 3.50. The van der Waals surface area contributed by atoms with Gasteiger partial charge in [0.15, 0.2) is 5.82 Å². The normalized spacial score (nSPS) is 19.9. The number of hydrogen-bond acceptors (Lipinski definition) is 4. The molecule has 4 aromatic rings. The molecule has 1 unspecified atom stereocenters. The number of piperidine rings is 1. The smallest absolute Gasteiger partial charge is 0.254 e. The van der Waals surface area contributed by atoms with Gasteiger partial charge in [0.1, 0.15) is 5.82 Å². The number of carbonyl (C=O) groups excluding carboxylic acids is 1. The molecule has 8 heteroatoms. The molecule has 4 heterocycles. The van der Waals surface area contributed by atoms with Crippen LogP contribution in [0.25, 0.3) is 33.5 Å². The van der Waals surface area contributed by atoms with E-state index in [1.165, 1.54) is 18.9 Å². The van der Waals surface area contributed by atoms with Crippen molar-refractivity contribution in [2.24, 2.45) is 11.7 Å². The molecule has 1 amide bonds. The lowest BCUT2D eigenvalue weighted by Crippen LogP contribution is -2.45. The van der Waals surface area contributed by atoms with E-state index in [0.717, 1.165) is 78.2 Å². The number of nitrogens with zero attached hydrogens (tertiary/aromatic N) is 4. The number of anilines is 1. The van der Waals surface area contributed by atoms with Crippen molar-refractivity contribution in [3.8, 4) is 11.5 Å². The van der Waals surface area contributed by atoms with Crippen LogP contribution in [0.4, 0.5) is 10.1 Å². The van der Waals surface area contributed by atoms with Gasteiger partial charge in [-0.2, -0.15) is 0 Å². The van der Waals surface area contributed by atoms with Crippen molar-refractivity contribution in [1.82, 2.24) is 19.0 Å². The number of amides is 1. The number of nitrogens with one attached hydrogen (secondary N) is 1. The highest BCUT2D eigenvalue weighted by Crippen LogP contribution is 2.38. The van der Waals surface area contributed by atoms with Crippen LogP contribution in [-0.4, -0.2) is 50.6 Å². The Balaban J connectivity index is 1.37. The van der Waals surface area contributed by atoms with Crippen LogP contribution in [0.5, 0.6) is 0 Å². The minimum Gasteiger partial charge on any atom is -0.381 e. The Labute approximate surface area is 202 Å². The van der Waals surface area contributed by atoms with Crippen LogP contribution in [0.3, 0.4) is 0 Å². The SMILES string of the molecule is NC1CCCN(C(=O)c2cc3c4c(c2)nc(-c2cc5cc(F)ccc5n2CC2CC2)n4CCN3)C1. The fourth-order valence-corrected chi connectivity index (χ4v) is 5.80. The average Bonchev–Trinajstić information content (AvgIpc) is 3.51. The molecule has 7 nitrogen and oxygen atoms in total. The maximum atomic E-state index is 14.0. The van der Waals surface area contributed by atoms with Crippen LogP contribution >= 0.6 is 0 Å². The van der Waals surface area contributed by atoms with Crippen molar-refractivity contribution in [3.63, 3.8) is 0 Å². The number of hydrogen-bond donors (Lipinski definition) is 2. The summed E-state index contributed by atoms with van der Waals surface area (Å²) in [6, 6.07) is 11.0. The van der Waals surface area contributed by atoms with Gasteiger partial charge in [-0.1, -0.05) is 0 Å². The van der Waals surface area contributed by atoms with Gasteiger partial charge in [0.25, 0.3) is 5.91 Å². The van der Waals surface area contributed by atoms with E-state index in [1.807, 2.05) is 23.1 Å². The quantitative estimate of drug-likeness (QED) is 0.467. The summed E-state index contributed by atoms with van der Waals surface area (Å²) in [7, 11) is 0. The minimum absolute atomic E-state index is 0.0140. The fraction of sp³-hybridized carbons (Fsp3) is 0.407. The van der Waals surface area contributed by atoms with Crippen molar-refractivity contribution in [2.45, 2.75) is 44.8 Å². The molecule has 1 atom stereocenters. The molecule has 3 aliphatic rings. The van der Waals surface area contributed by atoms with Crippen molar-refractivity contribution in [2.75, 3.05) is 25.0 Å². The zero-order chi connectivity index (χ0) is 23.7. The van der Waals surface area contributed by atoms with E-state index in [2.05, 4.69) is 20.5 Å². The van der Waals surface area contributed by atoms with E-state index >= 15 is 0 Å². The number of benzene rings is 2. The van der Waals surface area contributed by atoms with Crippen LogP contribution in [0, 0.1) is 11.7 Å². The van der Waals surface area contributed by atoms with Gasteiger partial charge in [-0.15, -0.1) is 0 Å². The molecule has 180 valence electrons. The van der Waals surface area contributed by atoms with Gasteiger partial charge >= 0.3 is 0 Å². The first-order valence-corrected chi connectivity index (χ1v) is 12.7. The number of carbonyl (C=O) groups is 1. The second kappa shape index (κ2) is 7.81. The van der Waals surface area contributed by atoms with E-state index in [4.69, 9.17) is 10.7 Å². The van der Waals surface area contributed by atoms with Gasteiger partial charge in [-0.05, 0) is 68.0 Å². The summed E-state index contributed by atoms with van der Waals surface area (Å²) in [6.07, 6.45) is 4.36. The Morgan fingerprint density at radius 3 is 2.86 bits per heavy atom. The lowest BCUT2D eigenvalue weighted by molar-refractivity contribution is 0.0709. The summed E-state index contributed by atoms with van der Waals surface area (Å²) in [5.41, 5.74) is 11.6. The Morgan fingerprint density at radius 2 is 2.03 bits per heavy atom. The molecule has 2 fully saturated rings.